The lowest BCUT2D eigenvalue weighted by Gasteiger charge is -2.22. The number of hydrogen-bond donors (Lipinski definition) is 0. The highest BCUT2D eigenvalue weighted by Crippen LogP contribution is 2.35. The van der Waals surface area contributed by atoms with Crippen molar-refractivity contribution < 1.29 is 28.8 Å². The lowest BCUT2D eigenvalue weighted by atomic mass is 9.82. The lowest BCUT2D eigenvalue weighted by Crippen LogP contribution is -2.32. The fourth-order valence-electron chi connectivity index (χ4n) is 3.86. The summed E-state index contributed by atoms with van der Waals surface area (Å²) >= 11 is 0. The van der Waals surface area contributed by atoms with E-state index in [1.54, 1.807) is 6.07 Å². The molecule has 2 amide bonds. The summed E-state index contributed by atoms with van der Waals surface area (Å²) in [6, 6.07) is 23.6. The highest BCUT2D eigenvalue weighted by molar-refractivity contribution is 6.03. The first kappa shape index (κ1) is 22.0. The fraction of sp³-hybridized carbons (Fsp3) is 0.154. The average molecular weight is 443 g/mol. The van der Waals surface area contributed by atoms with Gasteiger partial charge in [-0.15, -0.1) is 5.06 Å². The zero-order chi connectivity index (χ0) is 23.4. The van der Waals surface area contributed by atoms with Crippen LogP contribution in [0.25, 0.3) is 0 Å². The number of hydroxylamine groups is 2. The summed E-state index contributed by atoms with van der Waals surface area (Å²) in [5.41, 5.74) is 2.74. The SMILES string of the molecule is COC(=O)c1ccc(C(=O)ON2C(=O)CCC2=O)cc1C(c1ccccc1)c1ccccc1. The van der Waals surface area contributed by atoms with Crippen molar-refractivity contribution >= 4 is 23.8 Å². The normalized spacial score (nSPS) is 13.3. The van der Waals surface area contributed by atoms with Crippen LogP contribution in [0, 0.1) is 0 Å². The van der Waals surface area contributed by atoms with Crippen LogP contribution in [0.3, 0.4) is 0 Å². The molecule has 3 aromatic rings. The highest BCUT2D eigenvalue weighted by atomic mass is 16.7. The van der Waals surface area contributed by atoms with Gasteiger partial charge in [0.2, 0.25) is 0 Å². The van der Waals surface area contributed by atoms with Gasteiger partial charge < -0.3 is 9.57 Å². The van der Waals surface area contributed by atoms with Gasteiger partial charge in [-0.1, -0.05) is 60.7 Å². The summed E-state index contributed by atoms with van der Waals surface area (Å²) < 4.78 is 4.98. The first-order valence-electron chi connectivity index (χ1n) is 10.4. The second-order valence-corrected chi connectivity index (χ2v) is 7.51. The van der Waals surface area contributed by atoms with Crippen molar-refractivity contribution in [2.45, 2.75) is 18.8 Å². The summed E-state index contributed by atoms with van der Waals surface area (Å²) in [6.45, 7) is 0. The first-order valence-corrected chi connectivity index (χ1v) is 10.4. The van der Waals surface area contributed by atoms with E-state index in [4.69, 9.17) is 9.57 Å². The van der Waals surface area contributed by atoms with Crippen LogP contribution < -0.4 is 0 Å². The second-order valence-electron chi connectivity index (χ2n) is 7.51. The molecule has 0 spiro atoms. The monoisotopic (exact) mass is 443 g/mol. The molecule has 0 atom stereocenters. The zero-order valence-electron chi connectivity index (χ0n) is 17.9. The number of carbonyl (C=O) groups excluding carboxylic acids is 4. The van der Waals surface area contributed by atoms with E-state index in [2.05, 4.69) is 0 Å². The quantitative estimate of drug-likeness (QED) is 0.326. The van der Waals surface area contributed by atoms with Crippen molar-refractivity contribution in [3.05, 3.63) is 107 Å². The molecule has 0 bridgehead atoms. The molecule has 0 aromatic heterocycles. The molecule has 0 N–H and O–H groups in total. The van der Waals surface area contributed by atoms with Gasteiger partial charge in [0, 0.05) is 18.8 Å². The van der Waals surface area contributed by atoms with E-state index in [1.165, 1.54) is 19.2 Å². The fourth-order valence-corrected chi connectivity index (χ4v) is 3.86. The maximum absolute atomic E-state index is 12.8. The summed E-state index contributed by atoms with van der Waals surface area (Å²) in [6.07, 6.45) is 0.00542. The van der Waals surface area contributed by atoms with Gasteiger partial charge in [0.15, 0.2) is 0 Å². The zero-order valence-corrected chi connectivity index (χ0v) is 17.9. The Morgan fingerprint density at radius 1 is 0.788 bits per heavy atom. The summed E-state index contributed by atoms with van der Waals surface area (Å²) in [7, 11) is 1.29. The molecule has 1 heterocycles. The predicted octanol–water partition coefficient (Wildman–Crippen LogP) is 3.87. The van der Waals surface area contributed by atoms with E-state index in [9.17, 15) is 19.2 Å². The minimum absolute atomic E-state index is 0.00271. The second kappa shape index (κ2) is 9.48. The molecule has 1 aliphatic rings. The van der Waals surface area contributed by atoms with E-state index in [0.717, 1.165) is 11.1 Å². The minimum atomic E-state index is -0.865. The van der Waals surface area contributed by atoms with Crippen LogP contribution in [0.4, 0.5) is 0 Å². The summed E-state index contributed by atoms with van der Waals surface area (Å²) in [5, 5.41) is 0.502. The predicted molar refractivity (Wildman–Crippen MR) is 118 cm³/mol. The van der Waals surface area contributed by atoms with Crippen LogP contribution in [0.2, 0.25) is 0 Å². The van der Waals surface area contributed by atoms with Crippen LogP contribution in [0.1, 0.15) is 56.2 Å². The number of benzene rings is 3. The largest absolute Gasteiger partial charge is 0.465 e. The van der Waals surface area contributed by atoms with E-state index in [1.807, 2.05) is 60.7 Å². The molecule has 0 radical (unpaired) electrons. The Labute approximate surface area is 190 Å². The van der Waals surface area contributed by atoms with Crippen LogP contribution >= 0.6 is 0 Å². The first-order chi connectivity index (χ1) is 16.0. The van der Waals surface area contributed by atoms with E-state index in [-0.39, 0.29) is 24.3 Å². The molecule has 7 nitrogen and oxygen atoms in total. The van der Waals surface area contributed by atoms with Crippen molar-refractivity contribution in [3.63, 3.8) is 0 Å². The van der Waals surface area contributed by atoms with Gasteiger partial charge in [-0.05, 0) is 34.9 Å². The van der Waals surface area contributed by atoms with Gasteiger partial charge in [0.25, 0.3) is 11.8 Å². The van der Waals surface area contributed by atoms with Crippen molar-refractivity contribution in [3.8, 4) is 0 Å². The Hall–Kier alpha value is -4.26. The number of ether oxygens (including phenoxy) is 1. The molecule has 7 heteroatoms. The van der Waals surface area contributed by atoms with Crippen LogP contribution in [-0.4, -0.2) is 35.9 Å². The van der Waals surface area contributed by atoms with Gasteiger partial charge in [-0.2, -0.15) is 0 Å². The van der Waals surface area contributed by atoms with Gasteiger partial charge in [-0.3, -0.25) is 9.59 Å². The molecular weight excluding hydrogens is 422 g/mol. The number of nitrogens with zero attached hydrogens (tertiary/aromatic N) is 1. The van der Waals surface area contributed by atoms with Crippen molar-refractivity contribution in [2.24, 2.45) is 0 Å². The Morgan fingerprint density at radius 3 is 1.85 bits per heavy atom. The maximum Gasteiger partial charge on any atom is 0.363 e. The third kappa shape index (κ3) is 4.52. The molecule has 1 aliphatic heterocycles. The number of amides is 2. The number of rotatable bonds is 6. The van der Waals surface area contributed by atoms with E-state index < -0.39 is 23.8 Å². The van der Waals surface area contributed by atoms with Gasteiger partial charge in [0.05, 0.1) is 18.2 Å². The summed E-state index contributed by atoms with van der Waals surface area (Å²) in [4.78, 5) is 54.2. The topological polar surface area (TPSA) is 90.0 Å². The van der Waals surface area contributed by atoms with Crippen molar-refractivity contribution in [1.29, 1.82) is 0 Å². The lowest BCUT2D eigenvalue weighted by molar-refractivity contribution is -0.172. The number of esters is 1. The number of hydrogen-bond acceptors (Lipinski definition) is 6. The van der Waals surface area contributed by atoms with Crippen molar-refractivity contribution in [1.82, 2.24) is 5.06 Å². The van der Waals surface area contributed by atoms with Crippen molar-refractivity contribution in [2.75, 3.05) is 7.11 Å². The molecule has 166 valence electrons. The maximum atomic E-state index is 12.8. The molecule has 1 fully saturated rings. The minimum Gasteiger partial charge on any atom is -0.465 e. The Bertz CT molecular complexity index is 1150. The number of methoxy groups -OCH3 is 1. The molecule has 0 saturated carbocycles. The third-order valence-electron chi connectivity index (χ3n) is 5.45. The van der Waals surface area contributed by atoms with E-state index >= 15 is 0 Å². The molecule has 4 rings (SSSR count). The molecule has 3 aromatic carbocycles. The Balaban J connectivity index is 1.82. The van der Waals surface area contributed by atoms with Gasteiger partial charge >= 0.3 is 11.9 Å². The molecule has 0 unspecified atom stereocenters. The average Bonchev–Trinajstić information content (AvgIpc) is 3.17. The molecular formula is C26H21NO6. The Morgan fingerprint density at radius 2 is 1.33 bits per heavy atom. The van der Waals surface area contributed by atoms with Crippen LogP contribution in [0.5, 0.6) is 0 Å². The number of imide groups is 1. The molecule has 33 heavy (non-hydrogen) atoms. The third-order valence-corrected chi connectivity index (χ3v) is 5.45. The highest BCUT2D eigenvalue weighted by Gasteiger charge is 2.33. The molecule has 1 saturated heterocycles. The van der Waals surface area contributed by atoms with Crippen LogP contribution in [0.15, 0.2) is 78.9 Å². The Kier molecular flexibility index (Phi) is 6.31. The van der Waals surface area contributed by atoms with E-state index in [0.29, 0.717) is 16.2 Å². The molecule has 0 aliphatic carbocycles. The standard InChI is InChI=1S/C26H21NO6/c1-32-26(31)20-13-12-19(25(30)33-27-22(28)14-15-23(27)29)16-21(20)24(17-8-4-2-5-9-17)18-10-6-3-7-11-18/h2-13,16,24H,14-15H2,1H3. The van der Waals surface area contributed by atoms with Gasteiger partial charge in [-0.25, -0.2) is 9.59 Å². The summed E-state index contributed by atoms with van der Waals surface area (Å²) in [5.74, 6) is -2.93. The number of carbonyl (C=O) groups is 4. The van der Waals surface area contributed by atoms with Gasteiger partial charge in [0.1, 0.15) is 0 Å². The van der Waals surface area contributed by atoms with Crippen LogP contribution in [-0.2, 0) is 19.2 Å². The smallest absolute Gasteiger partial charge is 0.363 e.